The zero-order chi connectivity index (χ0) is 20.0. The fourth-order valence-electron chi connectivity index (χ4n) is 2.23. The van der Waals surface area contributed by atoms with Crippen molar-refractivity contribution in [3.05, 3.63) is 65.8 Å². The van der Waals surface area contributed by atoms with Crippen molar-refractivity contribution in [3.63, 3.8) is 0 Å². The molecule has 0 unspecified atom stereocenters. The van der Waals surface area contributed by atoms with Gasteiger partial charge in [-0.1, -0.05) is 30.0 Å². The van der Waals surface area contributed by atoms with Gasteiger partial charge in [-0.15, -0.1) is 10.2 Å². The second-order valence-electron chi connectivity index (χ2n) is 5.68. The van der Waals surface area contributed by atoms with E-state index >= 15 is 0 Å². The van der Waals surface area contributed by atoms with Gasteiger partial charge in [-0.25, -0.2) is 0 Å². The Balaban J connectivity index is 1.46. The van der Waals surface area contributed by atoms with Gasteiger partial charge in [0.2, 0.25) is 11.8 Å². The van der Waals surface area contributed by atoms with Crippen LogP contribution in [0.5, 0.6) is 0 Å². The third-order valence-electron chi connectivity index (χ3n) is 3.63. The maximum absolute atomic E-state index is 12.6. The minimum Gasteiger partial charge on any atom is -0.421 e. The molecule has 28 heavy (non-hydrogen) atoms. The number of aryl methyl sites for hydroxylation is 1. The maximum atomic E-state index is 12.6. The summed E-state index contributed by atoms with van der Waals surface area (Å²) in [5, 5.41) is 10.9. The number of hydrogen-bond donors (Lipinski definition) is 1. The monoisotopic (exact) mass is 424 g/mol. The van der Waals surface area contributed by atoms with Crippen LogP contribution in [0.1, 0.15) is 17.0 Å². The summed E-state index contributed by atoms with van der Waals surface area (Å²) in [4.78, 5) is 4.04. The van der Waals surface area contributed by atoms with Gasteiger partial charge >= 0.3 is 6.18 Å². The Labute approximate surface area is 168 Å². The number of thiocarbonyl (C=S) groups is 1. The summed E-state index contributed by atoms with van der Waals surface area (Å²) in [5.41, 5.74) is 0.747. The lowest BCUT2D eigenvalue weighted by molar-refractivity contribution is -0.137. The number of nitrogens with one attached hydrogen (secondary N) is 1. The van der Waals surface area contributed by atoms with E-state index in [4.69, 9.17) is 16.6 Å². The van der Waals surface area contributed by atoms with E-state index in [0.717, 1.165) is 17.7 Å². The Bertz CT molecular complexity index is 915. The molecule has 0 amide bonds. The van der Waals surface area contributed by atoms with Gasteiger partial charge in [-0.05, 0) is 35.9 Å². The van der Waals surface area contributed by atoms with Crippen LogP contribution in [0.15, 0.2) is 53.2 Å². The van der Waals surface area contributed by atoms with Crippen LogP contribution in [0, 0.1) is 0 Å². The Morgan fingerprint density at radius 1 is 1.14 bits per heavy atom. The first-order chi connectivity index (χ1) is 13.4. The molecule has 2 heterocycles. The summed E-state index contributed by atoms with van der Waals surface area (Å²) < 4.78 is 44.0. The molecule has 0 aliphatic carbocycles. The predicted molar refractivity (Wildman–Crippen MR) is 105 cm³/mol. The molecular formula is C18H15F3N4OS2. The molecule has 2 aromatic heterocycles. The van der Waals surface area contributed by atoms with Gasteiger partial charge in [0, 0.05) is 36.7 Å². The number of rotatable bonds is 6. The van der Waals surface area contributed by atoms with Gasteiger partial charge in [0.1, 0.15) is 4.32 Å². The van der Waals surface area contributed by atoms with Crippen LogP contribution in [-0.2, 0) is 19.1 Å². The largest absolute Gasteiger partial charge is 0.421 e. The quantitative estimate of drug-likeness (QED) is 0.585. The van der Waals surface area contributed by atoms with Crippen LogP contribution in [0.3, 0.4) is 0 Å². The Morgan fingerprint density at radius 2 is 1.93 bits per heavy atom. The standard InChI is InChI=1S/C18H15F3N4OS2/c19-18(20,21)14-5-3-13(4-6-14)16-25-24-15(26-16)7-9-28-17(27)23-11-12-2-1-8-22-10-12/h1-6,8,10H,7,9,11H2,(H,23,27). The lowest BCUT2D eigenvalue weighted by Gasteiger charge is -2.06. The fraction of sp³-hybridized carbons (Fsp3) is 0.222. The van der Waals surface area contributed by atoms with E-state index < -0.39 is 11.7 Å². The molecule has 5 nitrogen and oxygen atoms in total. The van der Waals surface area contributed by atoms with Crippen LogP contribution in [0.2, 0.25) is 0 Å². The van der Waals surface area contributed by atoms with Gasteiger partial charge in [-0.3, -0.25) is 4.98 Å². The number of thioether (sulfide) groups is 1. The first-order valence-corrected chi connectivity index (χ1v) is 9.61. The van der Waals surface area contributed by atoms with Crippen LogP contribution >= 0.6 is 24.0 Å². The summed E-state index contributed by atoms with van der Waals surface area (Å²) in [7, 11) is 0. The summed E-state index contributed by atoms with van der Waals surface area (Å²) in [6, 6.07) is 8.41. The molecule has 0 aliphatic rings. The molecule has 0 spiro atoms. The topological polar surface area (TPSA) is 63.8 Å². The number of nitrogens with zero attached hydrogens (tertiary/aromatic N) is 3. The number of pyridine rings is 1. The van der Waals surface area contributed by atoms with Crippen molar-refractivity contribution >= 4 is 28.3 Å². The molecule has 0 saturated carbocycles. The van der Waals surface area contributed by atoms with Gasteiger partial charge in [0.25, 0.3) is 0 Å². The lowest BCUT2D eigenvalue weighted by Crippen LogP contribution is -2.18. The van der Waals surface area contributed by atoms with E-state index in [1.807, 2.05) is 12.1 Å². The Morgan fingerprint density at radius 3 is 2.61 bits per heavy atom. The van der Waals surface area contributed by atoms with Crippen LogP contribution < -0.4 is 5.32 Å². The van der Waals surface area contributed by atoms with Crippen LogP contribution in [0.25, 0.3) is 11.5 Å². The number of benzene rings is 1. The van der Waals surface area contributed by atoms with E-state index in [1.54, 1.807) is 12.4 Å². The minimum atomic E-state index is -4.38. The van der Waals surface area contributed by atoms with Gasteiger partial charge in [-0.2, -0.15) is 13.2 Å². The normalized spacial score (nSPS) is 11.4. The lowest BCUT2D eigenvalue weighted by atomic mass is 10.1. The Kier molecular flexibility index (Phi) is 6.63. The molecule has 146 valence electrons. The summed E-state index contributed by atoms with van der Waals surface area (Å²) in [6.45, 7) is 0.596. The van der Waals surface area contributed by atoms with Crippen molar-refractivity contribution < 1.29 is 17.6 Å². The van der Waals surface area contributed by atoms with Crippen molar-refractivity contribution in [1.29, 1.82) is 0 Å². The van der Waals surface area contributed by atoms with E-state index in [9.17, 15) is 13.2 Å². The molecule has 0 bridgehead atoms. The van der Waals surface area contributed by atoms with Crippen LogP contribution in [0.4, 0.5) is 13.2 Å². The minimum absolute atomic E-state index is 0.186. The van der Waals surface area contributed by atoms with Gasteiger partial charge in [0.05, 0.1) is 5.56 Å². The predicted octanol–water partition coefficient (Wildman–Crippen LogP) is 4.50. The molecule has 0 saturated heterocycles. The van der Waals surface area contributed by atoms with E-state index in [2.05, 4.69) is 20.5 Å². The highest BCUT2D eigenvalue weighted by Crippen LogP contribution is 2.30. The maximum Gasteiger partial charge on any atom is 0.416 e. The summed E-state index contributed by atoms with van der Waals surface area (Å²) in [5.74, 6) is 1.22. The average Bonchev–Trinajstić information content (AvgIpc) is 3.15. The highest BCUT2D eigenvalue weighted by atomic mass is 32.2. The summed E-state index contributed by atoms with van der Waals surface area (Å²) >= 11 is 6.71. The van der Waals surface area contributed by atoms with E-state index in [-0.39, 0.29) is 5.89 Å². The molecule has 3 aromatic rings. The second-order valence-corrected chi connectivity index (χ2v) is 7.45. The third kappa shape index (κ3) is 5.77. The van der Waals surface area contributed by atoms with Gasteiger partial charge in [0.15, 0.2) is 0 Å². The Hall–Kier alpha value is -2.46. The number of aromatic nitrogens is 3. The van der Waals surface area contributed by atoms with Crippen molar-refractivity contribution in [2.24, 2.45) is 0 Å². The fourth-order valence-corrected chi connectivity index (χ4v) is 3.19. The van der Waals surface area contributed by atoms with Crippen LogP contribution in [-0.4, -0.2) is 25.3 Å². The molecule has 3 rings (SSSR count). The second kappa shape index (κ2) is 9.16. The highest BCUT2D eigenvalue weighted by Gasteiger charge is 2.30. The molecule has 0 aliphatic heterocycles. The van der Waals surface area contributed by atoms with Gasteiger partial charge < -0.3 is 9.73 Å². The highest BCUT2D eigenvalue weighted by molar-refractivity contribution is 8.22. The number of hydrogen-bond acceptors (Lipinski definition) is 6. The molecule has 10 heteroatoms. The third-order valence-corrected chi connectivity index (χ3v) is 4.95. The first-order valence-electron chi connectivity index (χ1n) is 8.21. The smallest absolute Gasteiger partial charge is 0.416 e. The van der Waals surface area contributed by atoms with Crippen molar-refractivity contribution in [3.8, 4) is 11.5 Å². The van der Waals surface area contributed by atoms with Crippen molar-refractivity contribution in [1.82, 2.24) is 20.5 Å². The zero-order valence-electron chi connectivity index (χ0n) is 14.4. The SMILES string of the molecule is FC(F)(F)c1ccc(-c2nnc(CCSC(=S)NCc3cccnc3)o2)cc1. The zero-order valence-corrected chi connectivity index (χ0v) is 16.1. The summed E-state index contributed by atoms with van der Waals surface area (Å²) in [6.07, 6.45) is -0.409. The molecular weight excluding hydrogens is 409 g/mol. The first kappa shape index (κ1) is 20.3. The van der Waals surface area contributed by atoms with Crippen molar-refractivity contribution in [2.45, 2.75) is 19.1 Å². The van der Waals surface area contributed by atoms with E-state index in [1.165, 1.54) is 23.9 Å². The average molecular weight is 424 g/mol. The molecule has 1 aromatic carbocycles. The number of halogens is 3. The molecule has 1 N–H and O–H groups in total. The molecule has 0 fully saturated rings. The van der Waals surface area contributed by atoms with Crippen molar-refractivity contribution in [2.75, 3.05) is 5.75 Å². The molecule has 0 atom stereocenters. The van der Waals surface area contributed by atoms with E-state index in [0.29, 0.717) is 34.5 Å². The number of alkyl halides is 3. The molecule has 0 radical (unpaired) electrons.